The van der Waals surface area contributed by atoms with Crippen molar-refractivity contribution in [2.75, 3.05) is 6.61 Å². The summed E-state index contributed by atoms with van der Waals surface area (Å²) in [6, 6.07) is 4.59. The molecule has 1 aliphatic rings. The highest BCUT2D eigenvalue weighted by molar-refractivity contribution is 9.10. The van der Waals surface area contributed by atoms with E-state index >= 15 is 0 Å². The number of hydrogen-bond acceptors (Lipinski definition) is 2. The van der Waals surface area contributed by atoms with Gasteiger partial charge in [0.05, 0.1) is 10.0 Å². The molecule has 5 heteroatoms. The zero-order valence-corrected chi connectivity index (χ0v) is 12.1. The molecule has 1 aliphatic carbocycles. The Balaban J connectivity index is 2.09. The van der Waals surface area contributed by atoms with Gasteiger partial charge in [-0.3, -0.25) is 4.79 Å². The lowest BCUT2D eigenvalue weighted by Crippen LogP contribution is -2.43. The number of aliphatic hydroxyl groups is 1. The highest BCUT2D eigenvalue weighted by atomic mass is 79.9. The molecule has 1 fully saturated rings. The SMILES string of the molecule is O=C(NC1CCCCC1CO)c1cccc(Br)c1F. The third-order valence-electron chi connectivity index (χ3n) is 3.66. The molecule has 104 valence electrons. The molecule has 2 N–H and O–H groups in total. The first-order valence-electron chi connectivity index (χ1n) is 6.49. The number of benzene rings is 1. The van der Waals surface area contributed by atoms with Crippen molar-refractivity contribution >= 4 is 21.8 Å². The Morgan fingerprint density at radius 2 is 2.16 bits per heavy atom. The number of aliphatic hydroxyl groups excluding tert-OH is 1. The van der Waals surface area contributed by atoms with Crippen molar-refractivity contribution in [2.24, 2.45) is 5.92 Å². The van der Waals surface area contributed by atoms with Crippen LogP contribution in [-0.4, -0.2) is 23.7 Å². The summed E-state index contributed by atoms with van der Waals surface area (Å²) >= 11 is 3.07. The predicted octanol–water partition coefficient (Wildman–Crippen LogP) is 2.87. The molecule has 0 aromatic heterocycles. The fourth-order valence-electron chi connectivity index (χ4n) is 2.54. The van der Waals surface area contributed by atoms with E-state index in [-0.39, 0.29) is 28.6 Å². The summed E-state index contributed by atoms with van der Waals surface area (Å²) in [5.41, 5.74) is 0.0386. The van der Waals surface area contributed by atoms with Gasteiger partial charge in [-0.15, -0.1) is 0 Å². The predicted molar refractivity (Wildman–Crippen MR) is 74.4 cm³/mol. The van der Waals surface area contributed by atoms with Gasteiger partial charge in [0.1, 0.15) is 5.82 Å². The Hall–Kier alpha value is -0.940. The van der Waals surface area contributed by atoms with Gasteiger partial charge in [-0.05, 0) is 40.9 Å². The van der Waals surface area contributed by atoms with Crippen LogP contribution in [0.5, 0.6) is 0 Å². The second-order valence-electron chi connectivity index (χ2n) is 4.91. The molecule has 1 aromatic carbocycles. The van der Waals surface area contributed by atoms with Crippen molar-refractivity contribution in [1.29, 1.82) is 0 Å². The summed E-state index contributed by atoms with van der Waals surface area (Å²) in [5.74, 6) is -0.881. The van der Waals surface area contributed by atoms with E-state index in [1.807, 2.05) is 0 Å². The largest absolute Gasteiger partial charge is 0.396 e. The summed E-state index contributed by atoms with van der Waals surface area (Å²) in [6.45, 7) is 0.0614. The van der Waals surface area contributed by atoms with Gasteiger partial charge in [0, 0.05) is 18.6 Å². The van der Waals surface area contributed by atoms with Crippen molar-refractivity contribution < 1.29 is 14.3 Å². The van der Waals surface area contributed by atoms with E-state index in [1.54, 1.807) is 12.1 Å². The first-order chi connectivity index (χ1) is 9.13. The third kappa shape index (κ3) is 3.34. The molecule has 0 bridgehead atoms. The van der Waals surface area contributed by atoms with Gasteiger partial charge in [0.25, 0.3) is 5.91 Å². The molecule has 0 radical (unpaired) electrons. The molecule has 1 saturated carbocycles. The fraction of sp³-hybridized carbons (Fsp3) is 0.500. The van der Waals surface area contributed by atoms with E-state index in [0.717, 1.165) is 25.7 Å². The van der Waals surface area contributed by atoms with Gasteiger partial charge in [-0.25, -0.2) is 4.39 Å². The van der Waals surface area contributed by atoms with Crippen LogP contribution in [0.15, 0.2) is 22.7 Å². The first kappa shape index (κ1) is 14.5. The summed E-state index contributed by atoms with van der Waals surface area (Å²) in [6.07, 6.45) is 3.85. The smallest absolute Gasteiger partial charge is 0.254 e. The van der Waals surface area contributed by atoms with Crippen LogP contribution in [0.1, 0.15) is 36.0 Å². The standard InChI is InChI=1S/C14H17BrFNO2/c15-11-6-3-5-10(13(11)16)14(19)17-12-7-2-1-4-9(12)8-18/h3,5-6,9,12,18H,1-2,4,7-8H2,(H,17,19). The Labute approximate surface area is 120 Å². The van der Waals surface area contributed by atoms with Gasteiger partial charge >= 0.3 is 0 Å². The average Bonchev–Trinajstić information content (AvgIpc) is 2.42. The number of nitrogens with one attached hydrogen (secondary N) is 1. The van der Waals surface area contributed by atoms with E-state index in [0.29, 0.717) is 0 Å². The normalized spacial score (nSPS) is 23.1. The lowest BCUT2D eigenvalue weighted by atomic mass is 9.85. The molecule has 0 aliphatic heterocycles. The maximum absolute atomic E-state index is 13.8. The Kier molecular flexibility index (Phi) is 4.93. The van der Waals surface area contributed by atoms with Gasteiger partial charge in [-0.2, -0.15) is 0 Å². The topological polar surface area (TPSA) is 49.3 Å². The number of hydrogen-bond donors (Lipinski definition) is 2. The second-order valence-corrected chi connectivity index (χ2v) is 5.76. The van der Waals surface area contributed by atoms with Crippen molar-refractivity contribution in [3.05, 3.63) is 34.1 Å². The first-order valence-corrected chi connectivity index (χ1v) is 7.28. The van der Waals surface area contributed by atoms with Crippen LogP contribution in [0.2, 0.25) is 0 Å². The molecule has 1 aromatic rings. The molecule has 2 rings (SSSR count). The van der Waals surface area contributed by atoms with E-state index in [9.17, 15) is 14.3 Å². The Morgan fingerprint density at radius 3 is 2.89 bits per heavy atom. The minimum Gasteiger partial charge on any atom is -0.396 e. The van der Waals surface area contributed by atoms with Crippen molar-refractivity contribution in [3.8, 4) is 0 Å². The molecule has 2 atom stereocenters. The lowest BCUT2D eigenvalue weighted by molar-refractivity contribution is 0.0868. The van der Waals surface area contributed by atoms with Gasteiger partial charge < -0.3 is 10.4 Å². The summed E-state index contributed by atoms with van der Waals surface area (Å²) in [4.78, 5) is 12.1. The van der Waals surface area contributed by atoms with Gasteiger partial charge in [-0.1, -0.05) is 18.9 Å². The highest BCUT2D eigenvalue weighted by Gasteiger charge is 2.27. The summed E-state index contributed by atoms with van der Waals surface area (Å²) in [7, 11) is 0. The van der Waals surface area contributed by atoms with E-state index in [4.69, 9.17) is 0 Å². The van der Waals surface area contributed by atoms with Crippen LogP contribution >= 0.6 is 15.9 Å². The molecule has 1 amide bonds. The zero-order valence-electron chi connectivity index (χ0n) is 10.5. The monoisotopic (exact) mass is 329 g/mol. The number of amides is 1. The van der Waals surface area contributed by atoms with Crippen LogP contribution in [0, 0.1) is 11.7 Å². The van der Waals surface area contributed by atoms with Crippen LogP contribution in [0.3, 0.4) is 0 Å². The average molecular weight is 330 g/mol. The molecule has 2 unspecified atom stereocenters. The summed E-state index contributed by atoms with van der Waals surface area (Å²) in [5, 5.41) is 12.2. The van der Waals surface area contributed by atoms with Gasteiger partial charge in [0.2, 0.25) is 0 Å². The van der Waals surface area contributed by atoms with Crippen molar-refractivity contribution in [3.63, 3.8) is 0 Å². The molecule has 0 spiro atoms. The molecule has 0 saturated heterocycles. The number of rotatable bonds is 3. The van der Waals surface area contributed by atoms with Crippen molar-refractivity contribution in [1.82, 2.24) is 5.32 Å². The van der Waals surface area contributed by atoms with Crippen molar-refractivity contribution in [2.45, 2.75) is 31.7 Å². The molecule has 0 heterocycles. The Morgan fingerprint density at radius 1 is 1.42 bits per heavy atom. The number of halogens is 2. The number of carbonyl (C=O) groups excluding carboxylic acids is 1. The minimum absolute atomic E-state index is 0.0386. The number of carbonyl (C=O) groups is 1. The minimum atomic E-state index is -0.545. The molecule has 19 heavy (non-hydrogen) atoms. The van der Waals surface area contributed by atoms with E-state index in [2.05, 4.69) is 21.2 Å². The third-order valence-corrected chi connectivity index (χ3v) is 4.27. The quantitative estimate of drug-likeness (QED) is 0.895. The van der Waals surface area contributed by atoms with Crippen LogP contribution in [0.25, 0.3) is 0 Å². The highest BCUT2D eigenvalue weighted by Crippen LogP contribution is 2.25. The van der Waals surface area contributed by atoms with Crippen LogP contribution < -0.4 is 5.32 Å². The summed E-state index contributed by atoms with van der Waals surface area (Å²) < 4.78 is 14.1. The molecular formula is C14H17BrFNO2. The maximum Gasteiger partial charge on any atom is 0.254 e. The Bertz CT molecular complexity index is 467. The van der Waals surface area contributed by atoms with E-state index < -0.39 is 11.7 Å². The zero-order chi connectivity index (χ0) is 13.8. The van der Waals surface area contributed by atoms with Crippen LogP contribution in [0.4, 0.5) is 4.39 Å². The fourth-order valence-corrected chi connectivity index (χ4v) is 2.91. The molecule has 3 nitrogen and oxygen atoms in total. The maximum atomic E-state index is 13.8. The van der Waals surface area contributed by atoms with E-state index in [1.165, 1.54) is 6.07 Å². The lowest BCUT2D eigenvalue weighted by Gasteiger charge is -2.30. The molecular weight excluding hydrogens is 313 g/mol. The second kappa shape index (κ2) is 6.48. The van der Waals surface area contributed by atoms with Gasteiger partial charge in [0.15, 0.2) is 0 Å². The van der Waals surface area contributed by atoms with Crippen LogP contribution in [-0.2, 0) is 0 Å².